The van der Waals surface area contributed by atoms with Crippen LogP contribution in [0.15, 0.2) is 28.7 Å². The molecule has 1 aliphatic heterocycles. The van der Waals surface area contributed by atoms with Gasteiger partial charge >= 0.3 is 0 Å². The van der Waals surface area contributed by atoms with Crippen LogP contribution in [-0.4, -0.2) is 35.1 Å². The van der Waals surface area contributed by atoms with Crippen LogP contribution in [0, 0.1) is 0 Å². The Labute approximate surface area is 116 Å². The van der Waals surface area contributed by atoms with E-state index in [1.54, 1.807) is 0 Å². The van der Waals surface area contributed by atoms with Crippen LogP contribution in [0.5, 0.6) is 0 Å². The molecule has 1 aliphatic rings. The second kappa shape index (κ2) is 5.85. The predicted octanol–water partition coefficient (Wildman–Crippen LogP) is 2.54. The highest BCUT2D eigenvalue weighted by Crippen LogP contribution is 2.25. The van der Waals surface area contributed by atoms with Crippen molar-refractivity contribution < 1.29 is 9.90 Å². The Morgan fingerprint density at radius 1 is 1.50 bits per heavy atom. The Morgan fingerprint density at radius 3 is 2.78 bits per heavy atom. The fourth-order valence-corrected chi connectivity index (χ4v) is 2.72. The van der Waals surface area contributed by atoms with E-state index in [1.807, 2.05) is 36.1 Å². The summed E-state index contributed by atoms with van der Waals surface area (Å²) in [7, 11) is 0. The van der Waals surface area contributed by atoms with Crippen LogP contribution in [0.4, 0.5) is 0 Å². The second-order valence-electron chi connectivity index (χ2n) is 4.78. The number of hydrogen-bond acceptors (Lipinski definition) is 2. The first-order valence-electron chi connectivity index (χ1n) is 6.30. The van der Waals surface area contributed by atoms with Crippen molar-refractivity contribution in [3.8, 4) is 0 Å². The number of halogens is 1. The number of amides is 1. The van der Waals surface area contributed by atoms with Crippen molar-refractivity contribution in [3.05, 3.63) is 34.3 Å². The van der Waals surface area contributed by atoms with Gasteiger partial charge < -0.3 is 10.0 Å². The number of carbonyl (C=O) groups is 1. The highest BCUT2D eigenvalue weighted by atomic mass is 79.9. The van der Waals surface area contributed by atoms with E-state index >= 15 is 0 Å². The first kappa shape index (κ1) is 13.6. The molecular formula is C14H18BrNO2. The molecule has 0 radical (unpaired) electrons. The fraction of sp³-hybridized carbons (Fsp3) is 0.500. The molecule has 1 heterocycles. The molecule has 4 heteroatoms. The number of likely N-dealkylation sites (tertiary alicyclic amines) is 1. The zero-order chi connectivity index (χ0) is 13.1. The van der Waals surface area contributed by atoms with Gasteiger partial charge in [0.15, 0.2) is 0 Å². The van der Waals surface area contributed by atoms with Gasteiger partial charge in [-0.05, 0) is 37.5 Å². The highest BCUT2D eigenvalue weighted by molar-refractivity contribution is 9.10. The van der Waals surface area contributed by atoms with Crippen molar-refractivity contribution >= 4 is 21.8 Å². The third-order valence-electron chi connectivity index (χ3n) is 3.61. The first-order valence-corrected chi connectivity index (χ1v) is 7.09. The summed E-state index contributed by atoms with van der Waals surface area (Å²) in [6, 6.07) is 7.85. The number of benzene rings is 1. The number of rotatable bonds is 3. The van der Waals surface area contributed by atoms with Crippen molar-refractivity contribution in [2.75, 3.05) is 13.2 Å². The summed E-state index contributed by atoms with van der Waals surface area (Å²) in [5.74, 6) is -0.0286. The van der Waals surface area contributed by atoms with E-state index in [2.05, 4.69) is 15.9 Å². The van der Waals surface area contributed by atoms with Crippen molar-refractivity contribution in [3.63, 3.8) is 0 Å². The van der Waals surface area contributed by atoms with Gasteiger partial charge in [0.05, 0.1) is 18.6 Å². The predicted molar refractivity (Wildman–Crippen MR) is 74.4 cm³/mol. The molecule has 0 spiro atoms. The highest BCUT2D eigenvalue weighted by Gasteiger charge is 2.31. The van der Waals surface area contributed by atoms with Gasteiger partial charge in [0.25, 0.3) is 0 Å². The molecule has 1 aromatic carbocycles. The minimum atomic E-state index is -0.148. The quantitative estimate of drug-likeness (QED) is 0.932. The topological polar surface area (TPSA) is 40.5 Å². The summed E-state index contributed by atoms with van der Waals surface area (Å²) in [4.78, 5) is 14.2. The monoisotopic (exact) mass is 311 g/mol. The maximum Gasteiger partial charge on any atom is 0.230 e. The van der Waals surface area contributed by atoms with Gasteiger partial charge in [-0.2, -0.15) is 0 Å². The zero-order valence-corrected chi connectivity index (χ0v) is 12.1. The summed E-state index contributed by atoms with van der Waals surface area (Å²) in [5, 5.41) is 9.27. The SMILES string of the molecule is C[C@H](C(=O)N1CCC[C@H]1CO)c1ccc(Br)cc1. The Hall–Kier alpha value is -0.870. The van der Waals surface area contributed by atoms with Crippen LogP contribution in [0.25, 0.3) is 0 Å². The second-order valence-corrected chi connectivity index (χ2v) is 5.70. The van der Waals surface area contributed by atoms with E-state index in [-0.39, 0.29) is 24.5 Å². The number of aliphatic hydroxyl groups is 1. The van der Waals surface area contributed by atoms with Gasteiger partial charge in [-0.25, -0.2) is 0 Å². The molecular weight excluding hydrogens is 294 g/mol. The van der Waals surface area contributed by atoms with Crippen molar-refractivity contribution in [2.45, 2.75) is 31.7 Å². The third kappa shape index (κ3) is 2.75. The summed E-state index contributed by atoms with van der Waals surface area (Å²) in [6.07, 6.45) is 1.90. The lowest BCUT2D eigenvalue weighted by atomic mass is 9.99. The van der Waals surface area contributed by atoms with Gasteiger partial charge in [-0.1, -0.05) is 28.1 Å². The molecule has 1 saturated heterocycles. The van der Waals surface area contributed by atoms with Crippen molar-refractivity contribution in [2.24, 2.45) is 0 Å². The number of carbonyl (C=O) groups excluding carboxylic acids is 1. The normalized spacial score (nSPS) is 21.1. The molecule has 1 amide bonds. The molecule has 1 fully saturated rings. The molecule has 0 saturated carbocycles. The number of nitrogens with zero attached hydrogens (tertiary/aromatic N) is 1. The smallest absolute Gasteiger partial charge is 0.230 e. The summed E-state index contributed by atoms with van der Waals surface area (Å²) < 4.78 is 1.01. The molecule has 0 unspecified atom stereocenters. The van der Waals surface area contributed by atoms with E-state index in [0.29, 0.717) is 0 Å². The zero-order valence-electron chi connectivity index (χ0n) is 10.5. The molecule has 0 aliphatic carbocycles. The van der Waals surface area contributed by atoms with Gasteiger partial charge in [0, 0.05) is 11.0 Å². The van der Waals surface area contributed by atoms with Crippen LogP contribution in [-0.2, 0) is 4.79 Å². The van der Waals surface area contributed by atoms with Crippen molar-refractivity contribution in [1.82, 2.24) is 4.90 Å². The maximum atomic E-state index is 12.4. The van der Waals surface area contributed by atoms with Crippen LogP contribution in [0.1, 0.15) is 31.2 Å². The standard InChI is InChI=1S/C14H18BrNO2/c1-10(11-4-6-12(15)7-5-11)14(18)16-8-2-3-13(16)9-17/h4-7,10,13,17H,2-3,8-9H2,1H3/t10-,13-/m0/s1. The molecule has 1 aromatic rings. The molecule has 2 rings (SSSR count). The average molecular weight is 312 g/mol. The lowest BCUT2D eigenvalue weighted by molar-refractivity contribution is -0.133. The Bertz CT molecular complexity index is 418. The minimum absolute atomic E-state index is 0.00963. The Balaban J connectivity index is 2.11. The van der Waals surface area contributed by atoms with Gasteiger partial charge in [-0.3, -0.25) is 4.79 Å². The molecule has 0 bridgehead atoms. The Kier molecular flexibility index (Phi) is 4.40. The van der Waals surface area contributed by atoms with Crippen LogP contribution in [0.2, 0.25) is 0 Å². The molecule has 18 heavy (non-hydrogen) atoms. The van der Waals surface area contributed by atoms with E-state index in [9.17, 15) is 9.90 Å². The lowest BCUT2D eigenvalue weighted by Crippen LogP contribution is -2.39. The first-order chi connectivity index (χ1) is 8.63. The van der Waals surface area contributed by atoms with Gasteiger partial charge in [-0.15, -0.1) is 0 Å². The molecule has 1 N–H and O–H groups in total. The fourth-order valence-electron chi connectivity index (χ4n) is 2.46. The summed E-state index contributed by atoms with van der Waals surface area (Å²) in [6.45, 7) is 2.77. The van der Waals surface area contributed by atoms with Gasteiger partial charge in [0.2, 0.25) is 5.91 Å². The van der Waals surface area contributed by atoms with Gasteiger partial charge in [0.1, 0.15) is 0 Å². The molecule has 2 atom stereocenters. The van der Waals surface area contributed by atoms with Crippen LogP contribution < -0.4 is 0 Å². The summed E-state index contributed by atoms with van der Waals surface area (Å²) in [5.41, 5.74) is 1.02. The van der Waals surface area contributed by atoms with Crippen LogP contribution >= 0.6 is 15.9 Å². The van der Waals surface area contributed by atoms with E-state index in [0.717, 1.165) is 29.4 Å². The van der Waals surface area contributed by atoms with Crippen LogP contribution in [0.3, 0.4) is 0 Å². The van der Waals surface area contributed by atoms with E-state index in [1.165, 1.54) is 0 Å². The summed E-state index contributed by atoms with van der Waals surface area (Å²) >= 11 is 3.39. The lowest BCUT2D eigenvalue weighted by Gasteiger charge is -2.26. The number of hydrogen-bond donors (Lipinski definition) is 1. The molecule has 3 nitrogen and oxygen atoms in total. The van der Waals surface area contributed by atoms with E-state index < -0.39 is 0 Å². The maximum absolute atomic E-state index is 12.4. The Morgan fingerprint density at radius 2 is 2.17 bits per heavy atom. The van der Waals surface area contributed by atoms with Crippen molar-refractivity contribution in [1.29, 1.82) is 0 Å². The largest absolute Gasteiger partial charge is 0.394 e. The molecule has 98 valence electrons. The molecule has 0 aromatic heterocycles. The van der Waals surface area contributed by atoms with E-state index in [4.69, 9.17) is 0 Å². The third-order valence-corrected chi connectivity index (χ3v) is 4.14. The minimum Gasteiger partial charge on any atom is -0.394 e. The average Bonchev–Trinajstić information content (AvgIpc) is 2.86. The number of aliphatic hydroxyl groups excluding tert-OH is 1.